The van der Waals surface area contributed by atoms with Gasteiger partial charge in [0.05, 0.1) is 17.8 Å². The number of fused-ring (bicyclic) bond motifs is 2. The van der Waals surface area contributed by atoms with Crippen molar-refractivity contribution in [1.82, 2.24) is 24.8 Å². The van der Waals surface area contributed by atoms with Crippen LogP contribution >= 0.6 is 0 Å². The van der Waals surface area contributed by atoms with Crippen LogP contribution in [0.1, 0.15) is 70.9 Å². The first-order chi connectivity index (χ1) is 16.8. The molecule has 2 amide bonds. The summed E-state index contributed by atoms with van der Waals surface area (Å²) < 4.78 is 1.50. The maximum Gasteiger partial charge on any atom is 0.259 e. The Morgan fingerprint density at radius 3 is 2.77 bits per heavy atom. The highest BCUT2D eigenvalue weighted by Gasteiger charge is 2.39. The summed E-state index contributed by atoms with van der Waals surface area (Å²) in [6, 6.07) is 5.81. The molecule has 2 fully saturated rings. The van der Waals surface area contributed by atoms with Gasteiger partial charge in [-0.3, -0.25) is 9.59 Å². The van der Waals surface area contributed by atoms with Crippen LogP contribution in [0.2, 0.25) is 0 Å². The van der Waals surface area contributed by atoms with Gasteiger partial charge in [0, 0.05) is 29.9 Å². The second kappa shape index (κ2) is 8.05. The van der Waals surface area contributed by atoms with E-state index in [9.17, 15) is 14.7 Å². The zero-order valence-electron chi connectivity index (χ0n) is 20.0. The first-order valence-corrected chi connectivity index (χ1v) is 12.4. The van der Waals surface area contributed by atoms with Crippen LogP contribution < -0.4 is 11.1 Å². The third-order valence-corrected chi connectivity index (χ3v) is 7.86. The third kappa shape index (κ3) is 3.65. The van der Waals surface area contributed by atoms with Crippen molar-refractivity contribution in [3.8, 4) is 11.3 Å². The molecule has 0 saturated heterocycles. The van der Waals surface area contributed by atoms with Crippen molar-refractivity contribution < 1.29 is 14.7 Å². The van der Waals surface area contributed by atoms with E-state index in [1.165, 1.54) is 17.4 Å². The molecule has 0 radical (unpaired) electrons. The third-order valence-electron chi connectivity index (χ3n) is 7.86. The Morgan fingerprint density at radius 2 is 2.06 bits per heavy atom. The van der Waals surface area contributed by atoms with Gasteiger partial charge in [0.2, 0.25) is 0 Å². The van der Waals surface area contributed by atoms with Crippen LogP contribution in [0, 0.1) is 12.8 Å². The van der Waals surface area contributed by atoms with Gasteiger partial charge in [-0.05, 0) is 81.2 Å². The molecule has 1 aliphatic heterocycles. The van der Waals surface area contributed by atoms with Crippen LogP contribution in [0.25, 0.3) is 16.9 Å². The molecular weight excluding hydrogens is 444 g/mol. The lowest BCUT2D eigenvalue weighted by atomic mass is 9.98. The van der Waals surface area contributed by atoms with Crippen LogP contribution in [0.3, 0.4) is 0 Å². The number of rotatable bonds is 5. The predicted molar refractivity (Wildman–Crippen MR) is 131 cm³/mol. The maximum absolute atomic E-state index is 13.1. The molecule has 2 aliphatic carbocycles. The molecule has 1 unspecified atom stereocenters. The van der Waals surface area contributed by atoms with Gasteiger partial charge in [0.25, 0.3) is 11.8 Å². The fourth-order valence-electron chi connectivity index (χ4n) is 5.67. The fraction of sp³-hybridized carbons (Fsp3) is 0.462. The largest absolute Gasteiger partial charge is 0.391 e. The molecule has 9 nitrogen and oxygen atoms in total. The Morgan fingerprint density at radius 1 is 1.26 bits per heavy atom. The van der Waals surface area contributed by atoms with Crippen molar-refractivity contribution in [2.24, 2.45) is 5.92 Å². The number of aliphatic hydroxyl groups is 1. The molecule has 0 bridgehead atoms. The molecule has 3 aromatic rings. The Hall–Kier alpha value is -3.46. The fourth-order valence-corrected chi connectivity index (χ4v) is 5.67. The smallest absolute Gasteiger partial charge is 0.259 e. The SMILES string of the molecule is Cc1cc(-c2ccn3nc(N)c(C(=O)N[C@@H]4CCC[C@H]4O)c3n2)cc2c1C(=O)N(C(C)C1CC1)C2. The number of carbonyl (C=O) groups excluding carboxylic acids is 2. The Balaban J connectivity index is 1.34. The molecule has 4 N–H and O–H groups in total. The number of benzene rings is 1. The van der Waals surface area contributed by atoms with E-state index in [-0.39, 0.29) is 35.3 Å². The van der Waals surface area contributed by atoms with Crippen molar-refractivity contribution in [2.45, 2.75) is 70.7 Å². The number of carbonyl (C=O) groups is 2. The summed E-state index contributed by atoms with van der Waals surface area (Å²) in [6.07, 6.45) is 5.85. The van der Waals surface area contributed by atoms with Crippen LogP contribution in [0.15, 0.2) is 24.4 Å². The van der Waals surface area contributed by atoms with Crippen molar-refractivity contribution >= 4 is 23.3 Å². The minimum absolute atomic E-state index is 0.0973. The molecule has 2 aromatic heterocycles. The first-order valence-electron chi connectivity index (χ1n) is 12.4. The molecule has 1 aromatic carbocycles. The summed E-state index contributed by atoms with van der Waals surface area (Å²) >= 11 is 0. The lowest BCUT2D eigenvalue weighted by Gasteiger charge is -2.24. The van der Waals surface area contributed by atoms with E-state index in [1.54, 1.807) is 6.20 Å². The van der Waals surface area contributed by atoms with E-state index in [0.29, 0.717) is 30.2 Å². The van der Waals surface area contributed by atoms with Gasteiger partial charge in [0.1, 0.15) is 5.56 Å². The molecule has 0 spiro atoms. The minimum atomic E-state index is -0.551. The van der Waals surface area contributed by atoms with E-state index < -0.39 is 6.10 Å². The van der Waals surface area contributed by atoms with E-state index in [2.05, 4.69) is 17.3 Å². The van der Waals surface area contributed by atoms with E-state index in [0.717, 1.165) is 35.1 Å². The summed E-state index contributed by atoms with van der Waals surface area (Å²) in [6.45, 7) is 4.72. The number of hydrogen-bond donors (Lipinski definition) is 3. The van der Waals surface area contributed by atoms with Crippen molar-refractivity contribution in [2.75, 3.05) is 5.73 Å². The molecule has 6 rings (SSSR count). The topological polar surface area (TPSA) is 126 Å². The standard InChI is InChI=1S/C26H30N6O3/c1-13-10-16(11-17-12-31(26(35)21(13)17)14(2)15-6-7-15)18-8-9-32-24(28-18)22(23(27)30-32)25(34)29-19-4-3-5-20(19)33/h8-11,14-15,19-20,33H,3-7,12H2,1-2H3,(H2,27,30)(H,29,34)/t14?,19-,20-/m1/s1. The molecule has 9 heteroatoms. The molecule has 35 heavy (non-hydrogen) atoms. The van der Waals surface area contributed by atoms with Crippen molar-refractivity contribution in [3.05, 3.63) is 46.6 Å². The Kier molecular flexibility index (Phi) is 5.07. The van der Waals surface area contributed by atoms with Gasteiger partial charge in [-0.25, -0.2) is 9.50 Å². The maximum atomic E-state index is 13.1. The van der Waals surface area contributed by atoms with Crippen LogP contribution in [-0.4, -0.2) is 54.6 Å². The average Bonchev–Trinajstić information content (AvgIpc) is 3.40. The van der Waals surface area contributed by atoms with E-state index in [1.807, 2.05) is 30.0 Å². The molecule has 3 atom stereocenters. The number of aromatic nitrogens is 3. The van der Waals surface area contributed by atoms with Crippen molar-refractivity contribution in [3.63, 3.8) is 0 Å². The summed E-state index contributed by atoms with van der Waals surface area (Å²) in [5, 5.41) is 17.3. The number of aliphatic hydroxyl groups excluding tert-OH is 1. The number of nitrogens with two attached hydrogens (primary N) is 1. The highest BCUT2D eigenvalue weighted by molar-refractivity contribution is 6.04. The summed E-state index contributed by atoms with van der Waals surface area (Å²) in [7, 11) is 0. The number of aryl methyl sites for hydroxylation is 1. The first kappa shape index (κ1) is 22.0. The van der Waals surface area contributed by atoms with Crippen LogP contribution in [0.5, 0.6) is 0 Å². The predicted octanol–water partition coefficient (Wildman–Crippen LogP) is 2.68. The number of nitrogens with one attached hydrogen (secondary N) is 1. The van der Waals surface area contributed by atoms with E-state index in [4.69, 9.17) is 10.7 Å². The zero-order valence-corrected chi connectivity index (χ0v) is 20.0. The van der Waals surface area contributed by atoms with Crippen molar-refractivity contribution in [1.29, 1.82) is 0 Å². The highest BCUT2D eigenvalue weighted by Crippen LogP contribution is 2.39. The summed E-state index contributed by atoms with van der Waals surface area (Å²) in [5.41, 5.74) is 11.0. The van der Waals surface area contributed by atoms with Gasteiger partial charge in [0.15, 0.2) is 11.5 Å². The summed E-state index contributed by atoms with van der Waals surface area (Å²) in [4.78, 5) is 32.9. The second-order valence-corrected chi connectivity index (χ2v) is 10.3. The zero-order chi connectivity index (χ0) is 24.4. The minimum Gasteiger partial charge on any atom is -0.391 e. The number of nitrogen functional groups attached to an aromatic ring is 1. The van der Waals surface area contributed by atoms with Gasteiger partial charge < -0.3 is 21.1 Å². The summed E-state index contributed by atoms with van der Waals surface area (Å²) in [5.74, 6) is 0.441. The quantitative estimate of drug-likeness (QED) is 0.522. The molecule has 182 valence electrons. The Bertz CT molecular complexity index is 1360. The molecule has 3 heterocycles. The lowest BCUT2D eigenvalue weighted by molar-refractivity contribution is 0.0696. The lowest BCUT2D eigenvalue weighted by Crippen LogP contribution is -2.40. The average molecular weight is 475 g/mol. The number of anilines is 1. The van der Waals surface area contributed by atoms with Gasteiger partial charge in [-0.2, -0.15) is 0 Å². The second-order valence-electron chi connectivity index (χ2n) is 10.3. The van der Waals surface area contributed by atoms with Crippen LogP contribution in [0.4, 0.5) is 5.82 Å². The number of hydrogen-bond acceptors (Lipinski definition) is 6. The monoisotopic (exact) mass is 474 g/mol. The molecule has 3 aliphatic rings. The highest BCUT2D eigenvalue weighted by atomic mass is 16.3. The van der Waals surface area contributed by atoms with E-state index >= 15 is 0 Å². The molecule has 2 saturated carbocycles. The Labute approximate surface area is 203 Å². The van der Waals surface area contributed by atoms with Crippen LogP contribution in [-0.2, 0) is 6.54 Å². The van der Waals surface area contributed by atoms with Gasteiger partial charge >= 0.3 is 0 Å². The molecular formula is C26H30N6O3. The normalized spacial score (nSPS) is 22.6. The van der Waals surface area contributed by atoms with Gasteiger partial charge in [-0.15, -0.1) is 5.10 Å². The van der Waals surface area contributed by atoms with Gasteiger partial charge in [-0.1, -0.05) is 0 Å². The number of nitrogens with zero attached hydrogens (tertiary/aromatic N) is 4. The number of amides is 2.